The van der Waals surface area contributed by atoms with Crippen molar-refractivity contribution in [3.8, 4) is 0 Å². The predicted molar refractivity (Wildman–Crippen MR) is 115 cm³/mol. The largest absolute Gasteiger partial charge is 0.478 e. The fourth-order valence-corrected chi connectivity index (χ4v) is 4.67. The van der Waals surface area contributed by atoms with Gasteiger partial charge in [0.15, 0.2) is 0 Å². The number of para-hydroxylation sites is 1. The molecule has 0 bridgehead atoms. The fraction of sp³-hybridized carbons (Fsp3) is 0.478. The molecular weight excluding hydrogens is 366 g/mol. The lowest BCUT2D eigenvalue weighted by molar-refractivity contribution is 0.0700. The van der Waals surface area contributed by atoms with E-state index in [2.05, 4.69) is 16.4 Å². The topological polar surface area (TPSA) is 67.0 Å². The third-order valence-electron chi connectivity index (χ3n) is 6.27. The number of aromatic carboxylic acids is 1. The predicted octanol–water partition coefficient (Wildman–Crippen LogP) is 3.77. The number of carbonyl (C=O) groups is 1. The first-order chi connectivity index (χ1) is 14.0. The molecule has 0 unspecified atom stereocenters. The minimum atomic E-state index is -0.989. The molecule has 1 saturated heterocycles. The number of carboxylic acids is 1. The Balaban J connectivity index is 1.76. The van der Waals surface area contributed by atoms with Crippen LogP contribution >= 0.6 is 0 Å². The standard InChI is InChI=1S/C23H29N3O3/c1-3-4-11-24-12-9-17(10-13-24)15-25-16(2)14-20(27)26-19-8-6-5-7-18(19)21(22(25)26)23(28)29/h5-8,14,17H,3-4,9-13,15H2,1-2H3,(H,28,29). The number of aryl methyl sites for hydroxylation is 1. The van der Waals surface area contributed by atoms with Gasteiger partial charge in [-0.15, -0.1) is 0 Å². The van der Waals surface area contributed by atoms with Crippen LogP contribution in [0.15, 0.2) is 35.1 Å². The Labute approximate surface area is 170 Å². The maximum atomic E-state index is 12.8. The highest BCUT2D eigenvalue weighted by Gasteiger charge is 2.25. The first-order valence-electron chi connectivity index (χ1n) is 10.6. The van der Waals surface area contributed by atoms with E-state index in [1.807, 2.05) is 25.1 Å². The third-order valence-corrected chi connectivity index (χ3v) is 6.27. The molecule has 1 aliphatic rings. The Morgan fingerprint density at radius 2 is 1.93 bits per heavy atom. The number of benzene rings is 1. The summed E-state index contributed by atoms with van der Waals surface area (Å²) in [6, 6.07) is 8.90. The van der Waals surface area contributed by atoms with E-state index in [9.17, 15) is 14.7 Å². The van der Waals surface area contributed by atoms with Crippen molar-refractivity contribution < 1.29 is 9.90 Å². The minimum absolute atomic E-state index is 0.174. The van der Waals surface area contributed by atoms with E-state index in [1.165, 1.54) is 12.8 Å². The molecule has 1 aliphatic heterocycles. The highest BCUT2D eigenvalue weighted by Crippen LogP contribution is 2.28. The highest BCUT2D eigenvalue weighted by atomic mass is 16.4. The van der Waals surface area contributed by atoms with E-state index in [0.29, 0.717) is 22.5 Å². The summed E-state index contributed by atoms with van der Waals surface area (Å²) >= 11 is 0. The zero-order valence-electron chi connectivity index (χ0n) is 17.2. The zero-order chi connectivity index (χ0) is 20.5. The smallest absolute Gasteiger partial charge is 0.340 e. The quantitative estimate of drug-likeness (QED) is 0.690. The molecule has 0 saturated carbocycles. The summed E-state index contributed by atoms with van der Waals surface area (Å²) in [5.41, 5.74) is 2.04. The van der Waals surface area contributed by atoms with Gasteiger partial charge in [0.05, 0.1) is 5.52 Å². The molecule has 3 aromatic rings. The molecule has 6 nitrogen and oxygen atoms in total. The van der Waals surface area contributed by atoms with Crippen LogP contribution in [0.25, 0.3) is 16.6 Å². The number of nitrogens with zero attached hydrogens (tertiary/aromatic N) is 3. The summed E-state index contributed by atoms with van der Waals surface area (Å²) in [5.74, 6) is -0.505. The first-order valence-corrected chi connectivity index (χ1v) is 10.6. The van der Waals surface area contributed by atoms with Crippen molar-refractivity contribution in [3.05, 3.63) is 51.9 Å². The maximum absolute atomic E-state index is 12.8. The third kappa shape index (κ3) is 3.57. The zero-order valence-corrected chi connectivity index (χ0v) is 17.2. The summed E-state index contributed by atoms with van der Waals surface area (Å²) in [6.07, 6.45) is 4.66. The molecule has 1 fully saturated rings. The lowest BCUT2D eigenvalue weighted by Crippen LogP contribution is -2.36. The number of unbranched alkanes of at least 4 members (excludes halogenated alkanes) is 1. The number of fused-ring (bicyclic) bond motifs is 3. The maximum Gasteiger partial charge on any atom is 0.340 e. The number of hydrogen-bond acceptors (Lipinski definition) is 3. The van der Waals surface area contributed by atoms with Crippen LogP contribution in [0.3, 0.4) is 0 Å². The van der Waals surface area contributed by atoms with Gasteiger partial charge in [0, 0.05) is 23.7 Å². The van der Waals surface area contributed by atoms with E-state index in [-0.39, 0.29) is 11.1 Å². The van der Waals surface area contributed by atoms with Crippen molar-refractivity contribution in [1.82, 2.24) is 13.9 Å². The van der Waals surface area contributed by atoms with Gasteiger partial charge in [0.1, 0.15) is 11.2 Å². The molecule has 0 atom stereocenters. The van der Waals surface area contributed by atoms with Gasteiger partial charge in [0.25, 0.3) is 5.56 Å². The summed E-state index contributed by atoms with van der Waals surface area (Å²) in [5, 5.41) is 10.6. The number of rotatable bonds is 6. The molecule has 0 amide bonds. The number of piperidine rings is 1. The van der Waals surface area contributed by atoms with Crippen LogP contribution < -0.4 is 5.56 Å². The second kappa shape index (κ2) is 8.03. The van der Waals surface area contributed by atoms with Gasteiger partial charge in [-0.2, -0.15) is 0 Å². The number of aromatic nitrogens is 2. The van der Waals surface area contributed by atoms with Gasteiger partial charge >= 0.3 is 5.97 Å². The Morgan fingerprint density at radius 3 is 2.62 bits per heavy atom. The Bertz CT molecular complexity index is 1100. The molecule has 29 heavy (non-hydrogen) atoms. The molecule has 154 valence electrons. The van der Waals surface area contributed by atoms with Gasteiger partial charge in [-0.25, -0.2) is 4.79 Å². The molecule has 1 N–H and O–H groups in total. The Morgan fingerprint density at radius 1 is 1.21 bits per heavy atom. The van der Waals surface area contributed by atoms with Gasteiger partial charge in [-0.05, 0) is 57.8 Å². The number of hydrogen-bond donors (Lipinski definition) is 1. The van der Waals surface area contributed by atoms with E-state index in [0.717, 1.165) is 44.7 Å². The van der Waals surface area contributed by atoms with Crippen molar-refractivity contribution in [1.29, 1.82) is 0 Å². The minimum Gasteiger partial charge on any atom is -0.478 e. The molecule has 2 aromatic heterocycles. The molecule has 0 spiro atoms. The van der Waals surface area contributed by atoms with Crippen molar-refractivity contribution >= 4 is 22.5 Å². The van der Waals surface area contributed by atoms with Gasteiger partial charge < -0.3 is 14.6 Å². The van der Waals surface area contributed by atoms with Crippen LogP contribution in [-0.4, -0.2) is 44.6 Å². The van der Waals surface area contributed by atoms with Crippen LogP contribution in [0.1, 0.15) is 48.7 Å². The van der Waals surface area contributed by atoms with Gasteiger partial charge in [0.2, 0.25) is 0 Å². The summed E-state index contributed by atoms with van der Waals surface area (Å²) in [4.78, 5) is 27.5. The average molecular weight is 396 g/mol. The second-order valence-corrected chi connectivity index (χ2v) is 8.23. The lowest BCUT2D eigenvalue weighted by atomic mass is 9.96. The molecule has 6 heteroatoms. The fourth-order valence-electron chi connectivity index (χ4n) is 4.67. The van der Waals surface area contributed by atoms with Gasteiger partial charge in [-0.1, -0.05) is 31.5 Å². The molecule has 3 heterocycles. The van der Waals surface area contributed by atoms with E-state index < -0.39 is 5.97 Å². The van der Waals surface area contributed by atoms with Crippen LogP contribution in [0.2, 0.25) is 0 Å². The highest BCUT2D eigenvalue weighted by molar-refractivity contribution is 6.10. The number of likely N-dealkylation sites (tertiary alicyclic amines) is 1. The normalized spacial score (nSPS) is 16.1. The molecule has 0 aliphatic carbocycles. The number of carboxylic acid groups (broad SMARTS) is 1. The molecule has 0 radical (unpaired) electrons. The van der Waals surface area contributed by atoms with Crippen LogP contribution in [-0.2, 0) is 6.54 Å². The average Bonchev–Trinajstić information content (AvgIpc) is 3.06. The second-order valence-electron chi connectivity index (χ2n) is 8.23. The molecular formula is C23H29N3O3. The van der Waals surface area contributed by atoms with Crippen molar-refractivity contribution in [2.75, 3.05) is 19.6 Å². The van der Waals surface area contributed by atoms with Crippen LogP contribution in [0.4, 0.5) is 0 Å². The van der Waals surface area contributed by atoms with Gasteiger partial charge in [-0.3, -0.25) is 9.20 Å². The Kier molecular flexibility index (Phi) is 5.46. The van der Waals surface area contributed by atoms with Crippen LogP contribution in [0, 0.1) is 12.8 Å². The Hall–Kier alpha value is -2.60. The van der Waals surface area contributed by atoms with Crippen molar-refractivity contribution in [3.63, 3.8) is 0 Å². The summed E-state index contributed by atoms with van der Waals surface area (Å²) < 4.78 is 3.62. The summed E-state index contributed by atoms with van der Waals surface area (Å²) in [6.45, 7) is 8.22. The molecule has 1 aromatic carbocycles. The van der Waals surface area contributed by atoms with E-state index in [1.54, 1.807) is 16.5 Å². The van der Waals surface area contributed by atoms with Crippen molar-refractivity contribution in [2.45, 2.75) is 46.1 Å². The first kappa shape index (κ1) is 19.7. The molecule has 4 rings (SSSR count). The SMILES string of the molecule is CCCCN1CCC(Cn2c(C)cc(=O)n3c4ccccc4c(C(=O)O)c23)CC1. The monoisotopic (exact) mass is 395 g/mol. The summed E-state index contributed by atoms with van der Waals surface area (Å²) in [7, 11) is 0. The van der Waals surface area contributed by atoms with E-state index in [4.69, 9.17) is 0 Å². The van der Waals surface area contributed by atoms with Crippen LogP contribution in [0.5, 0.6) is 0 Å². The lowest BCUT2D eigenvalue weighted by Gasteiger charge is -2.32. The van der Waals surface area contributed by atoms with Crippen molar-refractivity contribution in [2.24, 2.45) is 5.92 Å². The van der Waals surface area contributed by atoms with E-state index >= 15 is 0 Å².